The maximum atomic E-state index is 13.7. The van der Waals surface area contributed by atoms with Crippen molar-refractivity contribution in [2.75, 3.05) is 24.6 Å². The van der Waals surface area contributed by atoms with Crippen LogP contribution in [0.1, 0.15) is 32.8 Å². The fourth-order valence-electron chi connectivity index (χ4n) is 4.22. The molecule has 2 aliphatic rings. The predicted octanol–water partition coefficient (Wildman–Crippen LogP) is 4.52. The van der Waals surface area contributed by atoms with E-state index in [0.29, 0.717) is 53.0 Å². The first-order chi connectivity index (χ1) is 15.4. The quantitative estimate of drug-likeness (QED) is 0.600. The fraction of sp³-hybridized carbons (Fsp3) is 0.360. The Balaban J connectivity index is 1.77. The van der Waals surface area contributed by atoms with Gasteiger partial charge in [-0.05, 0) is 50.1 Å². The lowest BCUT2D eigenvalue weighted by Gasteiger charge is -2.37. The molecule has 2 amide bonds. The van der Waals surface area contributed by atoms with E-state index in [-0.39, 0.29) is 24.0 Å². The van der Waals surface area contributed by atoms with E-state index in [1.54, 1.807) is 42.5 Å². The van der Waals surface area contributed by atoms with Crippen LogP contribution in [0, 0.1) is 0 Å². The highest BCUT2D eigenvalue weighted by molar-refractivity contribution is 6.45. The predicted molar refractivity (Wildman–Crippen MR) is 125 cm³/mol. The molecule has 32 heavy (non-hydrogen) atoms. The molecular weight excluding hydrogens is 428 g/mol. The average molecular weight is 455 g/mol. The molecular formula is C25H27ClN2O4. The van der Waals surface area contributed by atoms with E-state index in [0.717, 1.165) is 6.42 Å². The zero-order chi connectivity index (χ0) is 22.8. The molecule has 2 aliphatic heterocycles. The van der Waals surface area contributed by atoms with Crippen molar-refractivity contribution in [3.05, 3.63) is 64.8 Å². The maximum Gasteiger partial charge on any atom is 0.282 e. The molecule has 0 saturated carbocycles. The van der Waals surface area contributed by atoms with Gasteiger partial charge in [-0.15, -0.1) is 0 Å². The first-order valence-corrected chi connectivity index (χ1v) is 11.3. The number of anilines is 1. The molecule has 168 valence electrons. The minimum Gasteiger partial charge on any atom is -0.494 e. The number of nitrogens with zero attached hydrogens (tertiary/aromatic N) is 2. The molecule has 7 heteroatoms. The number of hydrogen-bond acceptors (Lipinski definition) is 5. The summed E-state index contributed by atoms with van der Waals surface area (Å²) in [6, 6.07) is 14.1. The Morgan fingerprint density at radius 2 is 1.72 bits per heavy atom. The van der Waals surface area contributed by atoms with Crippen LogP contribution >= 0.6 is 11.6 Å². The van der Waals surface area contributed by atoms with Crippen molar-refractivity contribution in [3.8, 4) is 5.75 Å². The number of rotatable bonds is 6. The largest absolute Gasteiger partial charge is 0.494 e. The number of amides is 2. The lowest BCUT2D eigenvalue weighted by atomic mass is 10.0. The van der Waals surface area contributed by atoms with Crippen LogP contribution in [0.2, 0.25) is 5.02 Å². The van der Waals surface area contributed by atoms with Crippen molar-refractivity contribution in [3.63, 3.8) is 0 Å². The molecule has 0 N–H and O–H groups in total. The fourth-order valence-corrected chi connectivity index (χ4v) is 4.34. The zero-order valence-electron chi connectivity index (χ0n) is 18.5. The molecule has 0 bridgehead atoms. The van der Waals surface area contributed by atoms with Crippen LogP contribution in [0.15, 0.2) is 54.2 Å². The summed E-state index contributed by atoms with van der Waals surface area (Å²) >= 11 is 6.07. The normalized spacial score (nSPS) is 21.5. The van der Waals surface area contributed by atoms with Crippen LogP contribution in [-0.4, -0.2) is 48.6 Å². The van der Waals surface area contributed by atoms with Gasteiger partial charge >= 0.3 is 0 Å². The van der Waals surface area contributed by atoms with Crippen molar-refractivity contribution >= 4 is 34.7 Å². The SMILES string of the molecule is CCCOc1cccc(N2C(=O)C(c3ccc(Cl)cc3)=C(N3CC(C)OC(C)C3)C2=O)c1. The summed E-state index contributed by atoms with van der Waals surface area (Å²) in [6.07, 6.45) is 0.756. The number of benzene rings is 2. The number of carbonyl (C=O) groups is 2. The Morgan fingerprint density at radius 1 is 1.03 bits per heavy atom. The summed E-state index contributed by atoms with van der Waals surface area (Å²) < 4.78 is 11.6. The van der Waals surface area contributed by atoms with E-state index in [4.69, 9.17) is 21.1 Å². The third-order valence-corrected chi connectivity index (χ3v) is 5.73. The monoisotopic (exact) mass is 454 g/mol. The van der Waals surface area contributed by atoms with Crippen molar-refractivity contribution in [1.82, 2.24) is 4.90 Å². The van der Waals surface area contributed by atoms with E-state index in [1.165, 1.54) is 4.90 Å². The molecule has 0 aromatic heterocycles. The molecule has 0 aliphatic carbocycles. The number of imide groups is 1. The Morgan fingerprint density at radius 3 is 2.38 bits per heavy atom. The van der Waals surface area contributed by atoms with Crippen molar-refractivity contribution < 1.29 is 19.1 Å². The van der Waals surface area contributed by atoms with Gasteiger partial charge in [0.2, 0.25) is 0 Å². The highest BCUT2D eigenvalue weighted by atomic mass is 35.5. The van der Waals surface area contributed by atoms with E-state index < -0.39 is 0 Å². The van der Waals surface area contributed by atoms with Crippen LogP contribution in [0.4, 0.5) is 5.69 Å². The molecule has 2 aromatic rings. The Bertz CT molecular complexity index is 1040. The Hall–Kier alpha value is -2.83. The highest BCUT2D eigenvalue weighted by Crippen LogP contribution is 2.37. The summed E-state index contributed by atoms with van der Waals surface area (Å²) in [4.78, 5) is 30.6. The summed E-state index contributed by atoms with van der Waals surface area (Å²) in [6.45, 7) is 7.59. The maximum absolute atomic E-state index is 13.7. The summed E-state index contributed by atoms with van der Waals surface area (Å²) in [5.41, 5.74) is 1.94. The molecule has 0 spiro atoms. The first kappa shape index (κ1) is 22.4. The minimum absolute atomic E-state index is 0.0551. The van der Waals surface area contributed by atoms with Crippen LogP contribution in [0.3, 0.4) is 0 Å². The van der Waals surface area contributed by atoms with E-state index in [1.807, 2.05) is 31.7 Å². The summed E-state index contributed by atoms with van der Waals surface area (Å²) in [7, 11) is 0. The van der Waals surface area contributed by atoms with Gasteiger partial charge < -0.3 is 14.4 Å². The number of carbonyl (C=O) groups excluding carboxylic acids is 2. The van der Waals surface area contributed by atoms with E-state index in [9.17, 15) is 9.59 Å². The van der Waals surface area contributed by atoms with Gasteiger partial charge in [0.15, 0.2) is 0 Å². The van der Waals surface area contributed by atoms with E-state index >= 15 is 0 Å². The third-order valence-electron chi connectivity index (χ3n) is 5.48. The van der Waals surface area contributed by atoms with Crippen LogP contribution < -0.4 is 9.64 Å². The molecule has 2 unspecified atom stereocenters. The minimum atomic E-state index is -0.355. The van der Waals surface area contributed by atoms with Crippen molar-refractivity contribution in [2.45, 2.75) is 39.4 Å². The number of halogens is 1. The average Bonchev–Trinajstić information content (AvgIpc) is 3.02. The molecule has 0 radical (unpaired) electrons. The lowest BCUT2D eigenvalue weighted by molar-refractivity contribution is -0.121. The molecule has 4 rings (SSSR count). The Kier molecular flexibility index (Phi) is 6.53. The lowest BCUT2D eigenvalue weighted by Crippen LogP contribution is -2.47. The van der Waals surface area contributed by atoms with Gasteiger partial charge in [-0.2, -0.15) is 0 Å². The van der Waals surface area contributed by atoms with Gasteiger partial charge in [0.1, 0.15) is 11.4 Å². The highest BCUT2D eigenvalue weighted by Gasteiger charge is 2.44. The molecule has 2 heterocycles. The molecule has 6 nitrogen and oxygen atoms in total. The molecule has 2 atom stereocenters. The van der Waals surface area contributed by atoms with Crippen LogP contribution in [0.5, 0.6) is 5.75 Å². The third kappa shape index (κ3) is 4.38. The number of hydrogen-bond donors (Lipinski definition) is 0. The van der Waals surface area contributed by atoms with E-state index in [2.05, 4.69) is 0 Å². The molecule has 1 fully saturated rings. The van der Waals surface area contributed by atoms with Gasteiger partial charge in [0.25, 0.3) is 11.8 Å². The standard InChI is InChI=1S/C25H27ClN2O4/c1-4-12-31-21-7-5-6-20(13-21)28-24(29)22(18-8-10-19(26)11-9-18)23(25(28)30)27-14-16(2)32-17(3)15-27/h5-11,13,16-17H,4,12,14-15H2,1-3H3. The second-order valence-electron chi connectivity index (χ2n) is 8.18. The van der Waals surface area contributed by atoms with Gasteiger partial charge in [-0.25, -0.2) is 4.90 Å². The second kappa shape index (κ2) is 9.35. The molecule has 2 aromatic carbocycles. The number of ether oxygens (including phenoxy) is 2. The molecule has 1 saturated heterocycles. The van der Waals surface area contributed by atoms with Gasteiger partial charge in [-0.1, -0.05) is 36.7 Å². The van der Waals surface area contributed by atoms with Gasteiger partial charge in [0, 0.05) is 24.2 Å². The Labute approximate surface area is 193 Å². The van der Waals surface area contributed by atoms with Crippen LogP contribution in [0.25, 0.3) is 5.57 Å². The first-order valence-electron chi connectivity index (χ1n) is 10.9. The smallest absolute Gasteiger partial charge is 0.282 e. The van der Waals surface area contributed by atoms with Gasteiger partial charge in [-0.3, -0.25) is 9.59 Å². The van der Waals surface area contributed by atoms with Crippen molar-refractivity contribution in [1.29, 1.82) is 0 Å². The summed E-state index contributed by atoms with van der Waals surface area (Å²) in [5, 5.41) is 0.568. The number of morpholine rings is 1. The zero-order valence-corrected chi connectivity index (χ0v) is 19.3. The van der Waals surface area contributed by atoms with Gasteiger partial charge in [0.05, 0.1) is 30.1 Å². The second-order valence-corrected chi connectivity index (χ2v) is 8.62. The van der Waals surface area contributed by atoms with Crippen molar-refractivity contribution in [2.24, 2.45) is 0 Å². The summed E-state index contributed by atoms with van der Waals surface area (Å²) in [5.74, 6) is -0.0688. The topological polar surface area (TPSA) is 59.1 Å². The van der Waals surface area contributed by atoms with Crippen LogP contribution in [-0.2, 0) is 14.3 Å².